The van der Waals surface area contributed by atoms with Gasteiger partial charge in [0, 0.05) is 5.69 Å². The predicted molar refractivity (Wildman–Crippen MR) is 70.8 cm³/mol. The summed E-state index contributed by atoms with van der Waals surface area (Å²) >= 11 is 0. The van der Waals surface area contributed by atoms with Gasteiger partial charge in [-0.3, -0.25) is 0 Å². The molecule has 1 aromatic carbocycles. The van der Waals surface area contributed by atoms with E-state index in [1.807, 2.05) is 0 Å². The lowest BCUT2D eigenvalue weighted by Gasteiger charge is -2.06. The van der Waals surface area contributed by atoms with Crippen LogP contribution in [0.5, 0.6) is 5.75 Å². The number of benzene rings is 1. The summed E-state index contributed by atoms with van der Waals surface area (Å²) < 4.78 is 10.2. The van der Waals surface area contributed by atoms with E-state index in [-0.39, 0.29) is 12.3 Å². The number of ether oxygens (including phenoxy) is 2. The maximum atomic E-state index is 11.3. The predicted octanol–water partition coefficient (Wildman–Crippen LogP) is 2.03. The summed E-state index contributed by atoms with van der Waals surface area (Å²) in [6, 6.07) is 12.2. The summed E-state index contributed by atoms with van der Waals surface area (Å²) in [5.41, 5.74) is 7.18. The molecule has 5 heteroatoms. The molecule has 1 heterocycles. The van der Waals surface area contributed by atoms with Crippen LogP contribution in [0.15, 0.2) is 42.5 Å². The topological polar surface area (TPSA) is 74.4 Å². The highest BCUT2D eigenvalue weighted by molar-refractivity contribution is 5.87. The zero-order valence-electron chi connectivity index (χ0n) is 10.5. The monoisotopic (exact) mass is 258 g/mol. The van der Waals surface area contributed by atoms with Crippen LogP contribution in [0.2, 0.25) is 0 Å². The van der Waals surface area contributed by atoms with Crippen molar-refractivity contribution in [2.45, 2.75) is 6.61 Å². The summed E-state index contributed by atoms with van der Waals surface area (Å²) in [7, 11) is 1.32. The molecule has 0 saturated heterocycles. The van der Waals surface area contributed by atoms with Gasteiger partial charge in [0.1, 0.15) is 18.1 Å². The highest BCUT2D eigenvalue weighted by Gasteiger charge is 2.07. The number of anilines is 1. The first-order chi connectivity index (χ1) is 9.19. The fraction of sp³-hybridized carbons (Fsp3) is 0.143. The molecule has 0 amide bonds. The maximum Gasteiger partial charge on any atom is 0.356 e. The van der Waals surface area contributed by atoms with Gasteiger partial charge in [-0.1, -0.05) is 6.07 Å². The lowest BCUT2D eigenvalue weighted by Crippen LogP contribution is -2.07. The summed E-state index contributed by atoms with van der Waals surface area (Å²) in [6.07, 6.45) is 0. The van der Waals surface area contributed by atoms with Gasteiger partial charge >= 0.3 is 5.97 Å². The Morgan fingerprint density at radius 3 is 2.63 bits per heavy atom. The highest BCUT2D eigenvalue weighted by atomic mass is 16.5. The minimum Gasteiger partial charge on any atom is -0.487 e. The molecule has 0 saturated carbocycles. The van der Waals surface area contributed by atoms with Gasteiger partial charge in [0.2, 0.25) is 0 Å². The van der Waals surface area contributed by atoms with Gasteiger partial charge in [0.05, 0.1) is 12.8 Å². The number of nitrogens with two attached hydrogens (primary N) is 1. The minimum absolute atomic E-state index is 0.265. The van der Waals surface area contributed by atoms with E-state index in [1.54, 1.807) is 42.5 Å². The Kier molecular flexibility index (Phi) is 3.97. The number of hydrogen-bond donors (Lipinski definition) is 1. The molecule has 0 bridgehead atoms. The van der Waals surface area contributed by atoms with Crippen molar-refractivity contribution in [1.29, 1.82) is 0 Å². The molecule has 0 radical (unpaired) electrons. The van der Waals surface area contributed by atoms with Crippen molar-refractivity contribution in [2.24, 2.45) is 0 Å². The van der Waals surface area contributed by atoms with Crippen LogP contribution in [-0.2, 0) is 11.3 Å². The van der Waals surface area contributed by atoms with Gasteiger partial charge in [-0.05, 0) is 36.4 Å². The Morgan fingerprint density at radius 2 is 1.95 bits per heavy atom. The zero-order valence-corrected chi connectivity index (χ0v) is 10.5. The maximum absolute atomic E-state index is 11.3. The number of esters is 1. The molecule has 0 spiro atoms. The Balaban J connectivity index is 2.03. The van der Waals surface area contributed by atoms with E-state index >= 15 is 0 Å². The number of rotatable bonds is 4. The third-order valence-electron chi connectivity index (χ3n) is 2.47. The van der Waals surface area contributed by atoms with Crippen molar-refractivity contribution >= 4 is 11.7 Å². The normalized spacial score (nSPS) is 9.95. The molecule has 2 rings (SSSR count). The number of pyridine rings is 1. The third-order valence-corrected chi connectivity index (χ3v) is 2.47. The lowest BCUT2D eigenvalue weighted by molar-refractivity contribution is 0.0593. The van der Waals surface area contributed by atoms with Crippen LogP contribution in [0.4, 0.5) is 5.69 Å². The summed E-state index contributed by atoms with van der Waals surface area (Å²) in [5.74, 6) is 0.230. The molecule has 0 atom stereocenters. The summed E-state index contributed by atoms with van der Waals surface area (Å²) in [5, 5.41) is 0. The summed E-state index contributed by atoms with van der Waals surface area (Å²) in [4.78, 5) is 15.5. The second kappa shape index (κ2) is 5.86. The van der Waals surface area contributed by atoms with E-state index in [0.717, 1.165) is 0 Å². The first-order valence-electron chi connectivity index (χ1n) is 5.71. The molecular weight excluding hydrogens is 244 g/mol. The Labute approximate surface area is 111 Å². The number of methoxy groups -OCH3 is 1. The van der Waals surface area contributed by atoms with Crippen LogP contribution < -0.4 is 10.5 Å². The Morgan fingerprint density at radius 1 is 1.21 bits per heavy atom. The molecule has 0 fully saturated rings. The fourth-order valence-electron chi connectivity index (χ4n) is 1.50. The molecule has 0 aliphatic heterocycles. The number of carbonyl (C=O) groups excluding carboxylic acids is 1. The van der Waals surface area contributed by atoms with Gasteiger partial charge in [0.25, 0.3) is 0 Å². The van der Waals surface area contributed by atoms with Gasteiger partial charge in [0.15, 0.2) is 0 Å². The second-order valence-corrected chi connectivity index (χ2v) is 3.86. The van der Waals surface area contributed by atoms with Crippen molar-refractivity contribution in [3.05, 3.63) is 53.9 Å². The number of aromatic nitrogens is 1. The highest BCUT2D eigenvalue weighted by Crippen LogP contribution is 2.14. The van der Waals surface area contributed by atoms with E-state index in [9.17, 15) is 4.79 Å². The van der Waals surface area contributed by atoms with E-state index in [1.165, 1.54) is 7.11 Å². The van der Waals surface area contributed by atoms with Gasteiger partial charge < -0.3 is 15.2 Å². The average Bonchev–Trinajstić information content (AvgIpc) is 2.46. The molecule has 0 aliphatic carbocycles. The SMILES string of the molecule is COC(=O)c1cccc(COc2ccc(N)cc2)n1. The van der Waals surface area contributed by atoms with Crippen molar-refractivity contribution in [1.82, 2.24) is 4.98 Å². The molecule has 19 heavy (non-hydrogen) atoms. The van der Waals surface area contributed by atoms with Crippen LogP contribution in [0.25, 0.3) is 0 Å². The fourth-order valence-corrected chi connectivity index (χ4v) is 1.50. The first-order valence-corrected chi connectivity index (χ1v) is 5.71. The Hall–Kier alpha value is -2.56. The zero-order chi connectivity index (χ0) is 13.7. The van der Waals surface area contributed by atoms with E-state index in [4.69, 9.17) is 10.5 Å². The van der Waals surface area contributed by atoms with E-state index in [0.29, 0.717) is 17.1 Å². The molecule has 1 aromatic heterocycles. The van der Waals surface area contributed by atoms with Crippen LogP contribution >= 0.6 is 0 Å². The summed E-state index contributed by atoms with van der Waals surface area (Å²) in [6.45, 7) is 0.273. The van der Waals surface area contributed by atoms with Crippen LogP contribution in [0.1, 0.15) is 16.2 Å². The first kappa shape index (κ1) is 12.9. The lowest BCUT2D eigenvalue weighted by atomic mass is 10.3. The van der Waals surface area contributed by atoms with Crippen molar-refractivity contribution in [3.63, 3.8) is 0 Å². The quantitative estimate of drug-likeness (QED) is 0.671. The molecule has 0 aliphatic rings. The molecule has 0 unspecified atom stereocenters. The van der Waals surface area contributed by atoms with Gasteiger partial charge in [-0.2, -0.15) is 0 Å². The van der Waals surface area contributed by atoms with E-state index in [2.05, 4.69) is 9.72 Å². The number of nitrogens with zero attached hydrogens (tertiary/aromatic N) is 1. The molecule has 5 nitrogen and oxygen atoms in total. The van der Waals surface area contributed by atoms with Gasteiger partial charge in [-0.25, -0.2) is 9.78 Å². The van der Waals surface area contributed by atoms with Crippen molar-refractivity contribution in [3.8, 4) is 5.75 Å². The Bertz CT molecular complexity index is 567. The van der Waals surface area contributed by atoms with E-state index < -0.39 is 5.97 Å². The van der Waals surface area contributed by atoms with Crippen molar-refractivity contribution in [2.75, 3.05) is 12.8 Å². The van der Waals surface area contributed by atoms with Crippen LogP contribution in [0, 0.1) is 0 Å². The molecule has 2 N–H and O–H groups in total. The van der Waals surface area contributed by atoms with Crippen LogP contribution in [0.3, 0.4) is 0 Å². The smallest absolute Gasteiger partial charge is 0.356 e. The second-order valence-electron chi connectivity index (χ2n) is 3.86. The van der Waals surface area contributed by atoms with Gasteiger partial charge in [-0.15, -0.1) is 0 Å². The van der Waals surface area contributed by atoms with Crippen LogP contribution in [-0.4, -0.2) is 18.1 Å². The number of nitrogen functional groups attached to an aromatic ring is 1. The molecule has 2 aromatic rings. The third kappa shape index (κ3) is 3.45. The molecule has 98 valence electrons. The number of carbonyl (C=O) groups is 1. The number of hydrogen-bond acceptors (Lipinski definition) is 5. The largest absolute Gasteiger partial charge is 0.487 e. The standard InChI is InChI=1S/C14H14N2O3/c1-18-14(17)13-4-2-3-11(16-13)9-19-12-7-5-10(15)6-8-12/h2-8H,9,15H2,1H3. The van der Waals surface area contributed by atoms with Crippen molar-refractivity contribution < 1.29 is 14.3 Å². The minimum atomic E-state index is -0.464. The average molecular weight is 258 g/mol. The molecular formula is C14H14N2O3.